The molecule has 1 N–H and O–H groups in total. The van der Waals surface area contributed by atoms with E-state index in [1.807, 2.05) is 0 Å². The van der Waals surface area contributed by atoms with E-state index in [-0.39, 0.29) is 5.60 Å². The molecule has 2 aliphatic carbocycles. The number of hydrogen-bond acceptors (Lipinski definition) is 2. The molecular weight excluding hydrogens is 210 g/mol. The van der Waals surface area contributed by atoms with Crippen LogP contribution in [0.5, 0.6) is 0 Å². The van der Waals surface area contributed by atoms with E-state index in [2.05, 4.69) is 19.2 Å². The lowest BCUT2D eigenvalue weighted by molar-refractivity contribution is -0.0683. The Morgan fingerprint density at radius 2 is 1.88 bits per heavy atom. The van der Waals surface area contributed by atoms with Crippen molar-refractivity contribution in [2.45, 2.75) is 76.9 Å². The molecule has 2 heteroatoms. The lowest BCUT2D eigenvalue weighted by Gasteiger charge is -2.41. The highest BCUT2D eigenvalue weighted by atomic mass is 16.5. The van der Waals surface area contributed by atoms with E-state index in [1.54, 1.807) is 0 Å². The Balaban J connectivity index is 1.99. The second kappa shape index (κ2) is 6.19. The summed E-state index contributed by atoms with van der Waals surface area (Å²) >= 11 is 0. The second-order valence-electron chi connectivity index (χ2n) is 5.85. The molecule has 2 fully saturated rings. The molecule has 0 spiro atoms. The van der Waals surface area contributed by atoms with Gasteiger partial charge in [0.15, 0.2) is 0 Å². The van der Waals surface area contributed by atoms with Crippen LogP contribution in [0.2, 0.25) is 0 Å². The van der Waals surface area contributed by atoms with Crippen LogP contribution < -0.4 is 5.32 Å². The summed E-state index contributed by atoms with van der Waals surface area (Å²) in [5.41, 5.74) is 0.167. The van der Waals surface area contributed by atoms with Crippen LogP contribution in [0.15, 0.2) is 0 Å². The highest BCUT2D eigenvalue weighted by Gasteiger charge is 2.42. The predicted octanol–water partition coefficient (Wildman–Crippen LogP) is 3.50. The molecule has 0 aliphatic heterocycles. The summed E-state index contributed by atoms with van der Waals surface area (Å²) in [5, 5.41) is 3.72. The first-order valence-electron chi connectivity index (χ1n) is 7.68. The summed E-state index contributed by atoms with van der Waals surface area (Å²) in [6.07, 6.45) is 10.9. The molecule has 0 aromatic carbocycles. The Morgan fingerprint density at radius 1 is 1.18 bits per heavy atom. The Bertz CT molecular complexity index is 219. The third-order valence-corrected chi connectivity index (χ3v) is 4.76. The van der Waals surface area contributed by atoms with Gasteiger partial charge in [-0.25, -0.2) is 0 Å². The first kappa shape index (κ1) is 13.4. The van der Waals surface area contributed by atoms with Crippen molar-refractivity contribution < 1.29 is 4.74 Å². The van der Waals surface area contributed by atoms with Gasteiger partial charge in [-0.05, 0) is 38.6 Å². The predicted molar refractivity (Wildman–Crippen MR) is 72.2 cm³/mol. The van der Waals surface area contributed by atoms with Gasteiger partial charge in [-0.3, -0.25) is 0 Å². The van der Waals surface area contributed by atoms with Gasteiger partial charge in [0.25, 0.3) is 0 Å². The highest BCUT2D eigenvalue weighted by Crippen LogP contribution is 2.41. The molecule has 2 nitrogen and oxygen atoms in total. The van der Waals surface area contributed by atoms with Gasteiger partial charge >= 0.3 is 0 Å². The van der Waals surface area contributed by atoms with Crippen LogP contribution in [0.25, 0.3) is 0 Å². The number of likely N-dealkylation sites (N-methyl/N-ethyl adjacent to an activating group) is 1. The van der Waals surface area contributed by atoms with Crippen LogP contribution in [0.3, 0.4) is 0 Å². The van der Waals surface area contributed by atoms with Crippen molar-refractivity contribution in [1.29, 1.82) is 0 Å². The van der Waals surface area contributed by atoms with E-state index in [0.29, 0.717) is 6.04 Å². The van der Waals surface area contributed by atoms with Crippen molar-refractivity contribution in [2.24, 2.45) is 5.92 Å². The number of hydrogen-bond donors (Lipinski definition) is 1. The Kier molecular flexibility index (Phi) is 4.87. The van der Waals surface area contributed by atoms with Crippen LogP contribution in [0.1, 0.15) is 65.2 Å². The SMILES string of the molecule is CCNC(CC1CCC1)C1(OCC)CCCC1. The molecule has 0 bridgehead atoms. The number of rotatable bonds is 7. The van der Waals surface area contributed by atoms with Crippen LogP contribution >= 0.6 is 0 Å². The first-order valence-corrected chi connectivity index (χ1v) is 7.68. The smallest absolute Gasteiger partial charge is 0.0834 e. The maximum absolute atomic E-state index is 6.21. The summed E-state index contributed by atoms with van der Waals surface area (Å²) in [4.78, 5) is 0. The second-order valence-corrected chi connectivity index (χ2v) is 5.85. The molecule has 1 unspecified atom stereocenters. The van der Waals surface area contributed by atoms with Crippen LogP contribution in [0, 0.1) is 5.92 Å². The minimum absolute atomic E-state index is 0.167. The zero-order chi connectivity index (χ0) is 12.1. The van der Waals surface area contributed by atoms with Crippen molar-refractivity contribution in [1.82, 2.24) is 5.32 Å². The summed E-state index contributed by atoms with van der Waals surface area (Å²) in [6, 6.07) is 0.597. The summed E-state index contributed by atoms with van der Waals surface area (Å²) in [7, 11) is 0. The van der Waals surface area contributed by atoms with Gasteiger partial charge in [0.2, 0.25) is 0 Å². The zero-order valence-corrected chi connectivity index (χ0v) is 11.6. The van der Waals surface area contributed by atoms with E-state index in [9.17, 15) is 0 Å². The molecular formula is C15H29NO. The molecule has 0 radical (unpaired) electrons. The van der Waals surface area contributed by atoms with Crippen molar-refractivity contribution in [2.75, 3.05) is 13.2 Å². The Labute approximate surface area is 107 Å². The standard InChI is InChI=1S/C15H29NO/c1-3-16-14(12-13-8-7-9-13)15(17-4-2)10-5-6-11-15/h13-14,16H,3-12H2,1-2H3. The highest BCUT2D eigenvalue weighted by molar-refractivity contribution is 4.98. The van der Waals surface area contributed by atoms with E-state index >= 15 is 0 Å². The van der Waals surface area contributed by atoms with Gasteiger partial charge in [0.1, 0.15) is 0 Å². The average Bonchev–Trinajstić information content (AvgIpc) is 2.72. The van der Waals surface area contributed by atoms with Gasteiger partial charge < -0.3 is 10.1 Å². The average molecular weight is 239 g/mol. The van der Waals surface area contributed by atoms with Gasteiger partial charge in [-0.2, -0.15) is 0 Å². The monoisotopic (exact) mass is 239 g/mol. The lowest BCUT2D eigenvalue weighted by atomic mass is 9.76. The molecule has 0 amide bonds. The normalized spacial score (nSPS) is 25.8. The molecule has 0 aromatic heterocycles. The van der Waals surface area contributed by atoms with Gasteiger partial charge in [0, 0.05) is 12.6 Å². The Morgan fingerprint density at radius 3 is 2.35 bits per heavy atom. The molecule has 2 saturated carbocycles. The minimum Gasteiger partial charge on any atom is -0.374 e. The molecule has 1 atom stereocenters. The zero-order valence-electron chi connectivity index (χ0n) is 11.6. The fourth-order valence-electron chi connectivity index (χ4n) is 3.65. The Hall–Kier alpha value is -0.0800. The number of ether oxygens (including phenoxy) is 1. The fourth-order valence-corrected chi connectivity index (χ4v) is 3.65. The van der Waals surface area contributed by atoms with Crippen molar-refractivity contribution >= 4 is 0 Å². The van der Waals surface area contributed by atoms with E-state index in [1.165, 1.54) is 51.4 Å². The van der Waals surface area contributed by atoms with Gasteiger partial charge in [-0.1, -0.05) is 39.0 Å². The van der Waals surface area contributed by atoms with Gasteiger partial charge in [0.05, 0.1) is 5.60 Å². The van der Waals surface area contributed by atoms with Crippen molar-refractivity contribution in [3.05, 3.63) is 0 Å². The minimum atomic E-state index is 0.167. The van der Waals surface area contributed by atoms with E-state index < -0.39 is 0 Å². The third kappa shape index (κ3) is 3.03. The molecule has 0 saturated heterocycles. The largest absolute Gasteiger partial charge is 0.374 e. The first-order chi connectivity index (χ1) is 8.30. The molecule has 2 rings (SSSR count). The molecule has 17 heavy (non-hydrogen) atoms. The summed E-state index contributed by atoms with van der Waals surface area (Å²) < 4.78 is 6.21. The van der Waals surface area contributed by atoms with Gasteiger partial charge in [-0.15, -0.1) is 0 Å². The summed E-state index contributed by atoms with van der Waals surface area (Å²) in [5.74, 6) is 0.969. The topological polar surface area (TPSA) is 21.3 Å². The van der Waals surface area contributed by atoms with Crippen LogP contribution in [-0.2, 0) is 4.74 Å². The van der Waals surface area contributed by atoms with Crippen LogP contribution in [-0.4, -0.2) is 24.8 Å². The molecule has 2 aliphatic rings. The van der Waals surface area contributed by atoms with E-state index in [4.69, 9.17) is 4.74 Å². The summed E-state index contributed by atoms with van der Waals surface area (Å²) in [6.45, 7) is 6.31. The third-order valence-electron chi connectivity index (χ3n) is 4.76. The lowest BCUT2D eigenvalue weighted by Crippen LogP contribution is -2.52. The molecule has 0 aromatic rings. The number of nitrogens with one attached hydrogen (secondary N) is 1. The molecule has 100 valence electrons. The molecule has 0 heterocycles. The quantitative estimate of drug-likeness (QED) is 0.734. The maximum Gasteiger partial charge on any atom is 0.0834 e. The fraction of sp³-hybridized carbons (Fsp3) is 1.00. The van der Waals surface area contributed by atoms with Crippen LogP contribution in [0.4, 0.5) is 0 Å². The maximum atomic E-state index is 6.21. The van der Waals surface area contributed by atoms with Crippen molar-refractivity contribution in [3.63, 3.8) is 0 Å². The van der Waals surface area contributed by atoms with E-state index in [0.717, 1.165) is 19.1 Å². The van der Waals surface area contributed by atoms with Crippen molar-refractivity contribution in [3.8, 4) is 0 Å².